The summed E-state index contributed by atoms with van der Waals surface area (Å²) in [6, 6.07) is 15.7. The van der Waals surface area contributed by atoms with Crippen LogP contribution in [0.25, 0.3) is 0 Å². The van der Waals surface area contributed by atoms with Gasteiger partial charge in [0.1, 0.15) is 5.75 Å². The first-order valence-electron chi connectivity index (χ1n) is 8.26. The summed E-state index contributed by atoms with van der Waals surface area (Å²) in [4.78, 5) is 26.6. The van der Waals surface area contributed by atoms with Crippen LogP contribution < -0.4 is 15.8 Å². The molecule has 6 heteroatoms. The van der Waals surface area contributed by atoms with E-state index in [0.717, 1.165) is 0 Å². The van der Waals surface area contributed by atoms with E-state index in [4.69, 9.17) is 10.5 Å². The predicted octanol–water partition coefficient (Wildman–Crippen LogP) is 4.09. The van der Waals surface area contributed by atoms with E-state index >= 15 is 0 Å². The average Bonchev–Trinajstić information content (AvgIpc) is 2.69. The molecule has 3 aromatic carbocycles. The summed E-state index contributed by atoms with van der Waals surface area (Å²) >= 11 is 4.40. The first-order valence-corrected chi connectivity index (χ1v) is 8.71. The number of hydrogen-bond donors (Lipinski definition) is 3. The molecule has 0 aliphatic heterocycles. The quantitative estimate of drug-likeness (QED) is 0.371. The molecule has 0 aromatic heterocycles. The molecule has 0 unspecified atom stereocenters. The fraction of sp³-hybridized carbons (Fsp3) is 0.0476. The Balaban J connectivity index is 1.94. The van der Waals surface area contributed by atoms with E-state index in [1.165, 1.54) is 0 Å². The van der Waals surface area contributed by atoms with Crippen molar-refractivity contribution in [2.45, 2.75) is 4.90 Å². The SMILES string of the molecule is COc1ccccc1Nc1cc(S)c(N)c2c1C(=O)c1ccccc1C2=O. The molecule has 3 aromatic rings. The van der Waals surface area contributed by atoms with E-state index in [2.05, 4.69) is 17.9 Å². The number of para-hydroxylation sites is 2. The Hall–Kier alpha value is -3.25. The van der Waals surface area contributed by atoms with Crippen molar-refractivity contribution in [2.24, 2.45) is 0 Å². The van der Waals surface area contributed by atoms with Crippen molar-refractivity contribution in [1.29, 1.82) is 0 Å². The van der Waals surface area contributed by atoms with Crippen LogP contribution in [-0.4, -0.2) is 18.7 Å². The van der Waals surface area contributed by atoms with Crippen molar-refractivity contribution in [2.75, 3.05) is 18.2 Å². The average molecular weight is 376 g/mol. The maximum Gasteiger partial charge on any atom is 0.196 e. The zero-order valence-electron chi connectivity index (χ0n) is 14.4. The van der Waals surface area contributed by atoms with E-state index in [-0.39, 0.29) is 28.4 Å². The van der Waals surface area contributed by atoms with Crippen LogP contribution in [0.15, 0.2) is 59.5 Å². The number of benzene rings is 3. The number of ketones is 2. The molecule has 134 valence electrons. The fourth-order valence-electron chi connectivity index (χ4n) is 3.30. The van der Waals surface area contributed by atoms with Crippen LogP contribution in [0.5, 0.6) is 5.75 Å². The van der Waals surface area contributed by atoms with Crippen LogP contribution in [0.1, 0.15) is 31.8 Å². The number of ether oxygens (including phenoxy) is 1. The molecule has 0 saturated carbocycles. The molecule has 0 radical (unpaired) electrons. The standard InChI is InChI=1S/C21H16N2O3S/c1-26-15-9-5-4-8-13(15)23-14-10-16(27)19(22)18-17(14)20(24)11-6-2-3-7-12(11)21(18)25/h2-10,23,27H,22H2,1H3. The Morgan fingerprint density at radius 3 is 2.15 bits per heavy atom. The molecule has 4 rings (SSSR count). The number of hydrogen-bond acceptors (Lipinski definition) is 6. The van der Waals surface area contributed by atoms with Crippen LogP contribution in [0.4, 0.5) is 17.1 Å². The highest BCUT2D eigenvalue weighted by Gasteiger charge is 2.34. The molecule has 3 N–H and O–H groups in total. The number of thiol groups is 1. The summed E-state index contributed by atoms with van der Waals surface area (Å²) in [6.07, 6.45) is 0. The van der Waals surface area contributed by atoms with Crippen LogP contribution in [0.3, 0.4) is 0 Å². The lowest BCUT2D eigenvalue weighted by Gasteiger charge is -2.23. The molecular weight excluding hydrogens is 360 g/mol. The number of nitrogen functional groups attached to an aromatic ring is 1. The molecule has 0 bridgehead atoms. The Morgan fingerprint density at radius 1 is 0.889 bits per heavy atom. The van der Waals surface area contributed by atoms with Crippen molar-refractivity contribution >= 4 is 41.3 Å². The van der Waals surface area contributed by atoms with Gasteiger partial charge in [-0.15, -0.1) is 12.6 Å². The molecule has 0 saturated heterocycles. The lowest BCUT2D eigenvalue weighted by Crippen LogP contribution is -2.24. The zero-order valence-corrected chi connectivity index (χ0v) is 15.3. The van der Waals surface area contributed by atoms with Gasteiger partial charge in [-0.1, -0.05) is 36.4 Å². The highest BCUT2D eigenvalue weighted by atomic mass is 32.1. The van der Waals surface area contributed by atoms with Crippen molar-refractivity contribution in [3.63, 3.8) is 0 Å². The van der Waals surface area contributed by atoms with Crippen molar-refractivity contribution in [3.05, 3.63) is 76.9 Å². The lowest BCUT2D eigenvalue weighted by molar-refractivity contribution is 0.0980. The number of carbonyl (C=O) groups excluding carboxylic acids is 2. The monoisotopic (exact) mass is 376 g/mol. The second-order valence-corrected chi connectivity index (χ2v) is 6.62. The summed E-state index contributed by atoms with van der Waals surface area (Å²) in [5, 5.41) is 3.20. The van der Waals surface area contributed by atoms with Crippen molar-refractivity contribution in [1.82, 2.24) is 0 Å². The number of fused-ring (bicyclic) bond motifs is 2. The van der Waals surface area contributed by atoms with Crippen molar-refractivity contribution < 1.29 is 14.3 Å². The number of carbonyl (C=O) groups is 2. The van der Waals surface area contributed by atoms with Gasteiger partial charge in [0, 0.05) is 16.0 Å². The minimum atomic E-state index is -0.281. The van der Waals surface area contributed by atoms with Gasteiger partial charge in [-0.25, -0.2) is 0 Å². The predicted molar refractivity (Wildman–Crippen MR) is 108 cm³/mol. The van der Waals surface area contributed by atoms with Crippen LogP contribution >= 0.6 is 12.6 Å². The Bertz CT molecular complexity index is 1110. The summed E-state index contributed by atoms with van der Waals surface area (Å²) in [5.41, 5.74) is 8.61. The molecule has 27 heavy (non-hydrogen) atoms. The van der Waals surface area contributed by atoms with E-state index in [1.807, 2.05) is 18.2 Å². The highest BCUT2D eigenvalue weighted by molar-refractivity contribution is 7.80. The number of nitrogens with two attached hydrogens (primary N) is 1. The van der Waals surface area contributed by atoms with Gasteiger partial charge < -0.3 is 15.8 Å². The van der Waals surface area contributed by atoms with Crippen molar-refractivity contribution in [3.8, 4) is 5.75 Å². The van der Waals surface area contributed by atoms with E-state index in [1.54, 1.807) is 43.5 Å². The topological polar surface area (TPSA) is 81.4 Å². The van der Waals surface area contributed by atoms with Gasteiger partial charge in [-0.2, -0.15) is 0 Å². The second-order valence-electron chi connectivity index (χ2n) is 6.14. The third-order valence-corrected chi connectivity index (χ3v) is 4.96. The van der Waals surface area contributed by atoms with Gasteiger partial charge in [-0.05, 0) is 18.2 Å². The summed E-state index contributed by atoms with van der Waals surface area (Å²) in [5.74, 6) is 0.0769. The first-order chi connectivity index (χ1) is 13.0. The van der Waals surface area contributed by atoms with Gasteiger partial charge >= 0.3 is 0 Å². The van der Waals surface area contributed by atoms with E-state index in [0.29, 0.717) is 33.1 Å². The number of rotatable bonds is 3. The fourth-order valence-corrected chi connectivity index (χ4v) is 3.54. The van der Waals surface area contributed by atoms with Gasteiger partial charge in [0.2, 0.25) is 0 Å². The molecule has 1 aliphatic carbocycles. The molecular formula is C21H16N2O3S. The maximum absolute atomic E-state index is 13.2. The normalized spacial score (nSPS) is 12.4. The van der Waals surface area contributed by atoms with Crippen LogP contribution in [0.2, 0.25) is 0 Å². The molecule has 5 nitrogen and oxygen atoms in total. The highest BCUT2D eigenvalue weighted by Crippen LogP contribution is 2.40. The minimum absolute atomic E-state index is 0.184. The largest absolute Gasteiger partial charge is 0.495 e. The summed E-state index contributed by atoms with van der Waals surface area (Å²) in [7, 11) is 1.56. The van der Waals surface area contributed by atoms with Gasteiger partial charge in [0.05, 0.1) is 35.3 Å². The van der Waals surface area contributed by atoms with Gasteiger partial charge in [0.15, 0.2) is 11.6 Å². The zero-order chi connectivity index (χ0) is 19.1. The van der Waals surface area contributed by atoms with Crippen LogP contribution in [0, 0.1) is 0 Å². The molecule has 0 amide bonds. The van der Waals surface area contributed by atoms with Gasteiger partial charge in [0.25, 0.3) is 0 Å². The first kappa shape index (κ1) is 17.2. The third kappa shape index (κ3) is 2.65. The van der Waals surface area contributed by atoms with E-state index < -0.39 is 0 Å². The molecule has 0 fully saturated rings. The Morgan fingerprint density at radius 2 is 1.48 bits per heavy atom. The number of methoxy groups -OCH3 is 1. The molecule has 1 aliphatic rings. The summed E-state index contributed by atoms with van der Waals surface area (Å²) < 4.78 is 5.36. The molecule has 0 atom stereocenters. The minimum Gasteiger partial charge on any atom is -0.495 e. The Labute approximate surface area is 161 Å². The molecule has 0 heterocycles. The van der Waals surface area contributed by atoms with E-state index in [9.17, 15) is 9.59 Å². The summed E-state index contributed by atoms with van der Waals surface area (Å²) in [6.45, 7) is 0. The second kappa shape index (κ2) is 6.48. The third-order valence-electron chi connectivity index (χ3n) is 4.59. The van der Waals surface area contributed by atoms with Crippen LogP contribution in [-0.2, 0) is 0 Å². The number of anilines is 3. The van der Waals surface area contributed by atoms with Gasteiger partial charge in [-0.3, -0.25) is 9.59 Å². The number of nitrogens with one attached hydrogen (secondary N) is 1. The Kier molecular flexibility index (Phi) is 4.12. The maximum atomic E-state index is 13.2. The molecule has 0 spiro atoms. The lowest BCUT2D eigenvalue weighted by atomic mass is 9.82. The smallest absolute Gasteiger partial charge is 0.196 e.